The molecule has 6 nitrogen and oxygen atoms in total. The fourth-order valence-electron chi connectivity index (χ4n) is 5.54. The minimum Gasteiger partial charge on any atom is -0.345 e. The molecule has 174 valence electrons. The number of fused-ring (bicyclic) bond motifs is 1. The molecule has 2 aliphatic rings. The van der Waals surface area contributed by atoms with E-state index in [1.165, 1.54) is 16.6 Å². The first kappa shape index (κ1) is 22.8. The molecule has 2 saturated heterocycles. The monoisotopic (exact) mass is 438 g/mol. The molecular weight excluding hydrogens is 400 g/mol. The second-order valence-corrected chi connectivity index (χ2v) is 9.76. The van der Waals surface area contributed by atoms with E-state index in [1.54, 1.807) is 4.90 Å². The fraction of sp³-hybridized carbons (Fsp3) is 0.615. The zero-order valence-corrected chi connectivity index (χ0v) is 19.8. The van der Waals surface area contributed by atoms with Crippen LogP contribution in [0.5, 0.6) is 0 Å². The van der Waals surface area contributed by atoms with Gasteiger partial charge in [-0.2, -0.15) is 0 Å². The molecule has 2 N–H and O–H groups in total. The van der Waals surface area contributed by atoms with Gasteiger partial charge in [0.25, 0.3) is 0 Å². The molecule has 1 aromatic heterocycles. The highest BCUT2D eigenvalue weighted by Gasteiger charge is 2.41. The van der Waals surface area contributed by atoms with Crippen molar-refractivity contribution in [2.45, 2.75) is 84.0 Å². The van der Waals surface area contributed by atoms with Crippen LogP contribution in [0.15, 0.2) is 30.3 Å². The first-order valence-corrected chi connectivity index (χ1v) is 12.4. The largest absolute Gasteiger partial charge is 0.345 e. The second kappa shape index (κ2) is 9.65. The van der Waals surface area contributed by atoms with Crippen LogP contribution in [0, 0.1) is 5.92 Å². The molecule has 6 heteroatoms. The van der Waals surface area contributed by atoms with Crippen molar-refractivity contribution in [3.8, 4) is 0 Å². The van der Waals surface area contributed by atoms with Crippen LogP contribution in [-0.2, 0) is 22.6 Å². The number of hydrogen-bond donors (Lipinski definition) is 1. The predicted molar refractivity (Wildman–Crippen MR) is 128 cm³/mol. The van der Waals surface area contributed by atoms with Crippen LogP contribution in [-0.4, -0.2) is 57.4 Å². The molecule has 0 unspecified atom stereocenters. The van der Waals surface area contributed by atoms with Crippen LogP contribution < -0.4 is 5.73 Å². The zero-order valence-electron chi connectivity index (χ0n) is 19.8. The van der Waals surface area contributed by atoms with Gasteiger partial charge in [0.2, 0.25) is 11.8 Å². The van der Waals surface area contributed by atoms with E-state index in [9.17, 15) is 9.59 Å². The molecule has 3 atom stereocenters. The summed E-state index contributed by atoms with van der Waals surface area (Å²) in [5, 5.41) is 1.28. The lowest BCUT2D eigenvalue weighted by atomic mass is 10.0. The van der Waals surface area contributed by atoms with Crippen molar-refractivity contribution >= 4 is 22.7 Å². The summed E-state index contributed by atoms with van der Waals surface area (Å²) in [6.45, 7) is 8.50. The number of carbonyl (C=O) groups is 2. The summed E-state index contributed by atoms with van der Waals surface area (Å²) in [5.74, 6) is 0.133. The SMILES string of the molecule is CCn1c(CC[C@@H]2CCCN2C(=O)[C@H]2CCCN2C(=O)[C@@H](N)C(C)C)cc2ccccc21. The van der Waals surface area contributed by atoms with Crippen molar-refractivity contribution in [2.24, 2.45) is 11.7 Å². The Bertz CT molecular complexity index is 966. The molecule has 2 aromatic rings. The van der Waals surface area contributed by atoms with Crippen LogP contribution in [0.3, 0.4) is 0 Å². The van der Waals surface area contributed by atoms with Gasteiger partial charge in [-0.25, -0.2) is 0 Å². The average molecular weight is 439 g/mol. The first-order chi connectivity index (χ1) is 15.4. The second-order valence-electron chi connectivity index (χ2n) is 9.76. The lowest BCUT2D eigenvalue weighted by Gasteiger charge is -2.33. The third-order valence-electron chi connectivity index (χ3n) is 7.43. The predicted octanol–water partition coefficient (Wildman–Crippen LogP) is 3.56. The van der Waals surface area contributed by atoms with Gasteiger partial charge in [0.1, 0.15) is 6.04 Å². The summed E-state index contributed by atoms with van der Waals surface area (Å²) in [6, 6.07) is 10.2. The van der Waals surface area contributed by atoms with E-state index in [1.807, 2.05) is 13.8 Å². The highest BCUT2D eigenvalue weighted by molar-refractivity contribution is 5.90. The first-order valence-electron chi connectivity index (χ1n) is 12.4. The van der Waals surface area contributed by atoms with Crippen LogP contribution in [0.4, 0.5) is 0 Å². The van der Waals surface area contributed by atoms with Gasteiger partial charge < -0.3 is 20.1 Å². The Kier molecular flexibility index (Phi) is 6.89. The number of carbonyl (C=O) groups excluding carboxylic acids is 2. The molecule has 0 bridgehead atoms. The molecule has 2 fully saturated rings. The van der Waals surface area contributed by atoms with Gasteiger partial charge in [-0.3, -0.25) is 9.59 Å². The van der Waals surface area contributed by atoms with Gasteiger partial charge in [-0.05, 0) is 68.9 Å². The van der Waals surface area contributed by atoms with Gasteiger partial charge in [0, 0.05) is 36.9 Å². The minimum atomic E-state index is -0.534. The number of amides is 2. The maximum atomic E-state index is 13.5. The lowest BCUT2D eigenvalue weighted by molar-refractivity contribution is -0.145. The van der Waals surface area contributed by atoms with Gasteiger partial charge in [-0.1, -0.05) is 32.0 Å². The van der Waals surface area contributed by atoms with Crippen molar-refractivity contribution in [1.82, 2.24) is 14.4 Å². The van der Waals surface area contributed by atoms with Crippen molar-refractivity contribution in [3.05, 3.63) is 36.0 Å². The molecule has 1 aromatic carbocycles. The average Bonchev–Trinajstić information content (AvgIpc) is 3.53. The number of aryl methyl sites for hydroxylation is 2. The normalized spacial score (nSPS) is 22.3. The summed E-state index contributed by atoms with van der Waals surface area (Å²) in [5.41, 5.74) is 8.76. The number of nitrogens with two attached hydrogens (primary N) is 1. The van der Waals surface area contributed by atoms with E-state index in [2.05, 4.69) is 46.7 Å². The third kappa shape index (κ3) is 4.29. The lowest BCUT2D eigenvalue weighted by Crippen LogP contribution is -2.54. The Balaban J connectivity index is 1.44. The molecule has 2 aliphatic heterocycles. The maximum Gasteiger partial charge on any atom is 0.245 e. The summed E-state index contributed by atoms with van der Waals surface area (Å²) in [4.78, 5) is 30.2. The van der Waals surface area contributed by atoms with Crippen molar-refractivity contribution in [3.63, 3.8) is 0 Å². The maximum absolute atomic E-state index is 13.5. The number of hydrogen-bond acceptors (Lipinski definition) is 3. The topological polar surface area (TPSA) is 71.6 Å². The van der Waals surface area contributed by atoms with Crippen molar-refractivity contribution in [1.29, 1.82) is 0 Å². The number of nitrogens with zero attached hydrogens (tertiary/aromatic N) is 3. The van der Waals surface area contributed by atoms with E-state index >= 15 is 0 Å². The number of likely N-dealkylation sites (tertiary alicyclic amines) is 2. The highest BCUT2D eigenvalue weighted by Crippen LogP contribution is 2.29. The Labute approximate surface area is 191 Å². The molecular formula is C26H38N4O2. The van der Waals surface area contributed by atoms with Gasteiger partial charge in [0.05, 0.1) is 6.04 Å². The quantitative estimate of drug-likeness (QED) is 0.718. The Morgan fingerprint density at radius 2 is 1.81 bits per heavy atom. The molecule has 3 heterocycles. The minimum absolute atomic E-state index is 0.0703. The van der Waals surface area contributed by atoms with E-state index in [0.717, 1.165) is 51.6 Å². The molecule has 0 radical (unpaired) electrons. The summed E-state index contributed by atoms with van der Waals surface area (Å²) < 4.78 is 2.39. The molecule has 2 amide bonds. The van der Waals surface area contributed by atoms with E-state index < -0.39 is 6.04 Å². The van der Waals surface area contributed by atoms with Gasteiger partial charge >= 0.3 is 0 Å². The van der Waals surface area contributed by atoms with Crippen LogP contribution in [0.1, 0.15) is 58.6 Å². The van der Waals surface area contributed by atoms with Crippen molar-refractivity contribution in [2.75, 3.05) is 13.1 Å². The van der Waals surface area contributed by atoms with Gasteiger partial charge in [0.15, 0.2) is 0 Å². The van der Waals surface area contributed by atoms with Crippen molar-refractivity contribution < 1.29 is 9.59 Å². The van der Waals surface area contributed by atoms with Crippen LogP contribution in [0.25, 0.3) is 10.9 Å². The highest BCUT2D eigenvalue weighted by atomic mass is 16.2. The van der Waals surface area contributed by atoms with Crippen LogP contribution in [0.2, 0.25) is 0 Å². The number of benzene rings is 1. The number of para-hydroxylation sites is 1. The molecule has 4 rings (SSSR count). The molecule has 32 heavy (non-hydrogen) atoms. The summed E-state index contributed by atoms with van der Waals surface area (Å²) in [7, 11) is 0. The van der Waals surface area contributed by atoms with Crippen LogP contribution >= 0.6 is 0 Å². The Hall–Kier alpha value is -2.34. The third-order valence-corrected chi connectivity index (χ3v) is 7.43. The summed E-state index contributed by atoms with van der Waals surface area (Å²) in [6.07, 6.45) is 5.64. The molecule has 0 spiro atoms. The van der Waals surface area contributed by atoms with Gasteiger partial charge in [-0.15, -0.1) is 0 Å². The number of aromatic nitrogens is 1. The fourth-order valence-corrected chi connectivity index (χ4v) is 5.54. The Morgan fingerprint density at radius 3 is 2.56 bits per heavy atom. The standard InChI is InChI=1S/C26H38N4O2/c1-4-28-21(17-19-9-5-6-11-22(19)28)14-13-20-10-7-15-29(20)25(31)23-12-8-16-30(23)26(32)24(27)18(2)3/h5-6,9,11,17-18,20,23-24H,4,7-8,10,12-16,27H2,1-3H3/t20-,23+,24-/m0/s1. The molecule has 0 aliphatic carbocycles. The van der Waals surface area contributed by atoms with E-state index in [4.69, 9.17) is 5.73 Å². The molecule has 0 saturated carbocycles. The smallest absolute Gasteiger partial charge is 0.245 e. The van der Waals surface area contributed by atoms with E-state index in [-0.39, 0.29) is 29.8 Å². The zero-order chi connectivity index (χ0) is 22.8. The van der Waals surface area contributed by atoms with E-state index in [0.29, 0.717) is 6.54 Å². The summed E-state index contributed by atoms with van der Waals surface area (Å²) >= 11 is 0. The number of rotatable bonds is 7. The Morgan fingerprint density at radius 1 is 1.09 bits per heavy atom.